The standard InChI is InChI=1S/C24H27N3O4S/c1-2-3-9-23-25-16-22(15-20(24(28)29)14-18-7-5-4-6-8-18)27(23)17-19-10-12-21(13-11-19)26-32(30)31/h4-8,10-13,15-16,26H,2-3,9,14,17H2,1H3,(H,28,29)(H,30,31)/p-1. The summed E-state index contributed by atoms with van der Waals surface area (Å²) in [7, 11) is 0. The summed E-state index contributed by atoms with van der Waals surface area (Å²) in [4.78, 5) is 16.5. The summed E-state index contributed by atoms with van der Waals surface area (Å²) in [5, 5.41) is 9.77. The minimum Gasteiger partial charge on any atom is -0.755 e. The zero-order valence-electron chi connectivity index (χ0n) is 17.9. The third-order valence-corrected chi connectivity index (χ3v) is 5.46. The third kappa shape index (κ3) is 6.63. The van der Waals surface area contributed by atoms with E-state index in [9.17, 15) is 18.7 Å². The zero-order chi connectivity index (χ0) is 22.9. The molecule has 32 heavy (non-hydrogen) atoms. The molecular weight excluding hydrogens is 426 g/mol. The molecule has 0 bridgehead atoms. The number of rotatable bonds is 11. The molecular formula is C24H26N3O4S-. The number of benzene rings is 2. The van der Waals surface area contributed by atoms with Crippen LogP contribution in [0.1, 0.15) is 42.4 Å². The number of nitrogens with zero attached hydrogens (tertiary/aromatic N) is 2. The second-order valence-corrected chi connectivity index (χ2v) is 8.13. The third-order valence-electron chi connectivity index (χ3n) is 5.05. The molecule has 2 aromatic carbocycles. The minimum atomic E-state index is -2.37. The van der Waals surface area contributed by atoms with Crippen molar-refractivity contribution in [2.75, 3.05) is 4.72 Å². The SMILES string of the molecule is CCCCc1ncc(C=C(Cc2ccccc2)C(=O)O)n1Cc1ccc(NS(=O)[O-])cc1. The fraction of sp³-hybridized carbons (Fsp3) is 0.250. The Kier molecular flexibility index (Phi) is 8.35. The maximum Gasteiger partial charge on any atom is 0.331 e. The van der Waals surface area contributed by atoms with Crippen LogP contribution in [0.4, 0.5) is 5.69 Å². The van der Waals surface area contributed by atoms with E-state index in [-0.39, 0.29) is 5.57 Å². The largest absolute Gasteiger partial charge is 0.755 e. The van der Waals surface area contributed by atoms with Gasteiger partial charge < -0.3 is 18.9 Å². The molecule has 0 aliphatic rings. The smallest absolute Gasteiger partial charge is 0.331 e. The normalized spacial score (nSPS) is 12.5. The number of anilines is 1. The van der Waals surface area contributed by atoms with Gasteiger partial charge in [-0.25, -0.2) is 9.78 Å². The number of carboxylic acids is 1. The molecule has 7 nitrogen and oxygen atoms in total. The Morgan fingerprint density at radius 1 is 1.16 bits per heavy atom. The van der Waals surface area contributed by atoms with Gasteiger partial charge in [0.1, 0.15) is 5.82 Å². The second-order valence-electron chi connectivity index (χ2n) is 7.46. The fourth-order valence-corrected chi connectivity index (χ4v) is 3.73. The lowest BCUT2D eigenvalue weighted by atomic mass is 10.0. The molecule has 1 heterocycles. The van der Waals surface area contributed by atoms with Crippen molar-refractivity contribution >= 4 is 29.0 Å². The van der Waals surface area contributed by atoms with Crippen LogP contribution in [-0.2, 0) is 35.4 Å². The van der Waals surface area contributed by atoms with Crippen LogP contribution in [0.3, 0.4) is 0 Å². The van der Waals surface area contributed by atoms with Gasteiger partial charge in [0.15, 0.2) is 0 Å². The highest BCUT2D eigenvalue weighted by Gasteiger charge is 2.14. The Hall–Kier alpha value is -3.23. The molecule has 0 spiro atoms. The van der Waals surface area contributed by atoms with Crippen molar-refractivity contribution < 1.29 is 18.7 Å². The number of nitrogens with one attached hydrogen (secondary N) is 1. The van der Waals surface area contributed by atoms with Gasteiger partial charge in [0.2, 0.25) is 0 Å². The van der Waals surface area contributed by atoms with Crippen LogP contribution >= 0.6 is 0 Å². The van der Waals surface area contributed by atoms with Crippen molar-refractivity contribution in [3.63, 3.8) is 0 Å². The molecule has 1 unspecified atom stereocenters. The molecule has 2 N–H and O–H groups in total. The average molecular weight is 453 g/mol. The van der Waals surface area contributed by atoms with Gasteiger partial charge in [-0.05, 0) is 35.8 Å². The van der Waals surface area contributed by atoms with Gasteiger partial charge >= 0.3 is 5.97 Å². The number of aryl methyl sites for hydroxylation is 1. The summed E-state index contributed by atoms with van der Waals surface area (Å²) in [6.07, 6.45) is 6.52. The first-order valence-corrected chi connectivity index (χ1v) is 11.5. The topological polar surface area (TPSA) is 107 Å². The Balaban J connectivity index is 1.91. The van der Waals surface area contributed by atoms with Gasteiger partial charge in [-0.2, -0.15) is 0 Å². The van der Waals surface area contributed by atoms with E-state index in [1.165, 1.54) is 0 Å². The number of hydrogen-bond acceptors (Lipinski definition) is 4. The molecule has 3 aromatic rings. The molecule has 1 aromatic heterocycles. The van der Waals surface area contributed by atoms with Crippen molar-refractivity contribution in [2.45, 2.75) is 39.2 Å². The van der Waals surface area contributed by atoms with E-state index in [1.807, 2.05) is 47.0 Å². The van der Waals surface area contributed by atoms with Crippen molar-refractivity contribution in [2.24, 2.45) is 0 Å². The maximum atomic E-state index is 11.9. The van der Waals surface area contributed by atoms with Gasteiger partial charge in [0.25, 0.3) is 0 Å². The lowest BCUT2D eigenvalue weighted by molar-refractivity contribution is -0.132. The first-order valence-electron chi connectivity index (χ1n) is 10.4. The number of hydrogen-bond donors (Lipinski definition) is 2. The van der Waals surface area contributed by atoms with Crippen LogP contribution in [-0.4, -0.2) is 29.4 Å². The highest BCUT2D eigenvalue weighted by Crippen LogP contribution is 2.19. The van der Waals surface area contributed by atoms with Crippen molar-refractivity contribution in [3.05, 3.63) is 89.0 Å². The zero-order valence-corrected chi connectivity index (χ0v) is 18.7. The highest BCUT2D eigenvalue weighted by molar-refractivity contribution is 7.80. The Morgan fingerprint density at radius 2 is 1.88 bits per heavy atom. The molecule has 8 heteroatoms. The Bertz CT molecular complexity index is 1090. The molecule has 168 valence electrons. The maximum absolute atomic E-state index is 11.9. The Morgan fingerprint density at radius 3 is 2.50 bits per heavy atom. The fourth-order valence-electron chi connectivity index (χ4n) is 3.40. The van der Waals surface area contributed by atoms with Crippen LogP contribution in [0.25, 0.3) is 6.08 Å². The molecule has 0 amide bonds. The van der Waals surface area contributed by atoms with Crippen LogP contribution in [0.5, 0.6) is 0 Å². The van der Waals surface area contributed by atoms with E-state index in [4.69, 9.17) is 0 Å². The van der Waals surface area contributed by atoms with E-state index in [1.54, 1.807) is 24.4 Å². The van der Waals surface area contributed by atoms with Crippen molar-refractivity contribution in [3.8, 4) is 0 Å². The molecule has 0 saturated heterocycles. The lowest BCUT2D eigenvalue weighted by Crippen LogP contribution is -2.09. The number of carboxylic acid groups (broad SMARTS) is 1. The summed E-state index contributed by atoms with van der Waals surface area (Å²) in [5.74, 6) is -0.0665. The molecule has 0 saturated carbocycles. The number of aliphatic carboxylic acids is 1. The first kappa shape index (κ1) is 23.4. The summed E-state index contributed by atoms with van der Waals surface area (Å²) < 4.78 is 26.0. The van der Waals surface area contributed by atoms with Gasteiger partial charge in [-0.1, -0.05) is 55.8 Å². The lowest BCUT2D eigenvalue weighted by Gasteiger charge is -2.13. The average Bonchev–Trinajstić information content (AvgIpc) is 3.14. The minimum absolute atomic E-state index is 0.289. The van der Waals surface area contributed by atoms with E-state index in [0.29, 0.717) is 18.7 Å². The van der Waals surface area contributed by atoms with Gasteiger partial charge in [-0.15, -0.1) is 0 Å². The highest BCUT2D eigenvalue weighted by atomic mass is 32.2. The van der Waals surface area contributed by atoms with Gasteiger partial charge in [0, 0.05) is 41.9 Å². The summed E-state index contributed by atoms with van der Waals surface area (Å²) in [5.41, 5.74) is 3.38. The summed E-state index contributed by atoms with van der Waals surface area (Å²) in [6.45, 7) is 2.62. The van der Waals surface area contributed by atoms with Crippen LogP contribution in [0.15, 0.2) is 66.4 Å². The number of unbranched alkanes of at least 4 members (excludes halogenated alkanes) is 1. The first-order chi connectivity index (χ1) is 15.5. The van der Waals surface area contributed by atoms with Crippen LogP contribution < -0.4 is 4.72 Å². The van der Waals surface area contributed by atoms with Gasteiger partial charge in [0.05, 0.1) is 11.9 Å². The predicted molar refractivity (Wildman–Crippen MR) is 125 cm³/mol. The van der Waals surface area contributed by atoms with Crippen molar-refractivity contribution in [1.82, 2.24) is 9.55 Å². The summed E-state index contributed by atoms with van der Waals surface area (Å²) in [6, 6.07) is 16.6. The predicted octanol–water partition coefficient (Wildman–Crippen LogP) is 4.19. The van der Waals surface area contributed by atoms with E-state index in [0.717, 1.165) is 41.9 Å². The van der Waals surface area contributed by atoms with Crippen LogP contribution in [0.2, 0.25) is 0 Å². The van der Waals surface area contributed by atoms with Crippen LogP contribution in [0, 0.1) is 0 Å². The van der Waals surface area contributed by atoms with E-state index >= 15 is 0 Å². The molecule has 0 radical (unpaired) electrons. The molecule has 3 rings (SSSR count). The second kappa shape index (κ2) is 11.4. The van der Waals surface area contributed by atoms with Crippen molar-refractivity contribution in [1.29, 1.82) is 0 Å². The number of imidazole rings is 1. The number of aromatic nitrogens is 2. The quantitative estimate of drug-likeness (QED) is 0.335. The molecule has 0 fully saturated rings. The molecule has 0 aliphatic heterocycles. The monoisotopic (exact) mass is 452 g/mol. The van der Waals surface area contributed by atoms with E-state index in [2.05, 4.69) is 16.6 Å². The summed E-state index contributed by atoms with van der Waals surface area (Å²) >= 11 is -2.37. The Labute approximate surface area is 190 Å². The van der Waals surface area contributed by atoms with E-state index < -0.39 is 17.2 Å². The molecule has 1 atom stereocenters. The number of carbonyl (C=O) groups is 1. The van der Waals surface area contributed by atoms with Gasteiger partial charge in [-0.3, -0.25) is 4.21 Å². The molecule has 0 aliphatic carbocycles.